The van der Waals surface area contributed by atoms with E-state index in [4.69, 9.17) is 0 Å². The average molecular weight is 446 g/mol. The Balaban J connectivity index is 1.51. The summed E-state index contributed by atoms with van der Waals surface area (Å²) in [4.78, 5) is 42.7. The minimum atomic E-state index is -0.593. The third-order valence-electron chi connectivity index (χ3n) is 5.23. The maximum absolute atomic E-state index is 13.2. The number of carbonyl (C=O) groups is 3. The van der Waals surface area contributed by atoms with Gasteiger partial charge in [0, 0.05) is 17.2 Å². The number of hydrazone groups is 1. The molecule has 3 aromatic carbocycles. The summed E-state index contributed by atoms with van der Waals surface area (Å²) in [7, 11) is 0. The zero-order chi connectivity index (χ0) is 23.5. The molecule has 0 aliphatic carbocycles. The quantitative estimate of drug-likeness (QED) is 0.605. The lowest BCUT2D eigenvalue weighted by Gasteiger charge is -2.13. The normalized spacial score (nSPS) is 17.4. The average Bonchev–Trinajstić information content (AvgIpc) is 3.35. The van der Waals surface area contributed by atoms with Gasteiger partial charge >= 0.3 is 0 Å². The van der Waals surface area contributed by atoms with E-state index in [-0.39, 0.29) is 23.0 Å². The summed E-state index contributed by atoms with van der Waals surface area (Å²) in [6, 6.07) is 25.5. The SMILES string of the molecule is O=C(/C=C1\N=C(c2ccccc2)N(/N=C2\C(=O)Nc3ccccc32)C1=O)/C=C/c1ccccc1. The maximum Gasteiger partial charge on any atom is 0.298 e. The van der Waals surface area contributed by atoms with Crippen molar-refractivity contribution in [3.63, 3.8) is 0 Å². The number of ketones is 1. The molecule has 34 heavy (non-hydrogen) atoms. The first-order valence-electron chi connectivity index (χ1n) is 10.6. The lowest BCUT2D eigenvalue weighted by atomic mass is 10.1. The second-order valence-corrected chi connectivity index (χ2v) is 7.54. The van der Waals surface area contributed by atoms with Gasteiger partial charge in [0.2, 0.25) is 0 Å². The number of carbonyl (C=O) groups excluding carboxylic acids is 3. The molecule has 0 fully saturated rings. The van der Waals surface area contributed by atoms with Crippen molar-refractivity contribution in [2.45, 2.75) is 0 Å². The van der Waals surface area contributed by atoms with Crippen LogP contribution in [0.1, 0.15) is 16.7 Å². The van der Waals surface area contributed by atoms with Crippen LogP contribution in [0.3, 0.4) is 0 Å². The number of allylic oxidation sites excluding steroid dienone is 2. The van der Waals surface area contributed by atoms with Gasteiger partial charge in [-0.1, -0.05) is 84.9 Å². The number of amides is 2. The molecule has 7 nitrogen and oxygen atoms in total. The first kappa shape index (κ1) is 21.0. The fraction of sp³-hybridized carbons (Fsp3) is 0. The molecule has 2 heterocycles. The van der Waals surface area contributed by atoms with Crippen molar-refractivity contribution in [2.75, 3.05) is 5.32 Å². The van der Waals surface area contributed by atoms with Gasteiger partial charge in [0.05, 0.1) is 5.69 Å². The molecule has 2 aliphatic rings. The Morgan fingerprint density at radius 1 is 0.882 bits per heavy atom. The summed E-state index contributed by atoms with van der Waals surface area (Å²) in [5, 5.41) is 8.19. The van der Waals surface area contributed by atoms with Gasteiger partial charge in [-0.25, -0.2) is 4.99 Å². The number of benzene rings is 3. The molecule has 0 radical (unpaired) electrons. The summed E-state index contributed by atoms with van der Waals surface area (Å²) in [5.41, 5.74) is 2.74. The maximum atomic E-state index is 13.2. The fourth-order valence-corrected chi connectivity index (χ4v) is 3.60. The van der Waals surface area contributed by atoms with Gasteiger partial charge in [0.15, 0.2) is 17.3 Å². The molecular formula is C27H18N4O3. The number of rotatable bonds is 5. The first-order chi connectivity index (χ1) is 16.6. The van der Waals surface area contributed by atoms with Crippen LogP contribution in [0.15, 0.2) is 113 Å². The molecule has 0 spiro atoms. The highest BCUT2D eigenvalue weighted by Crippen LogP contribution is 2.26. The van der Waals surface area contributed by atoms with Crippen LogP contribution >= 0.6 is 0 Å². The zero-order valence-corrected chi connectivity index (χ0v) is 17.9. The van der Waals surface area contributed by atoms with E-state index in [1.165, 1.54) is 12.2 Å². The Morgan fingerprint density at radius 3 is 2.32 bits per heavy atom. The molecule has 0 bridgehead atoms. The van der Waals surface area contributed by atoms with Gasteiger partial charge < -0.3 is 5.32 Å². The van der Waals surface area contributed by atoms with E-state index in [0.29, 0.717) is 16.8 Å². The molecular weight excluding hydrogens is 428 g/mol. The van der Waals surface area contributed by atoms with Crippen LogP contribution in [0, 0.1) is 0 Å². The van der Waals surface area contributed by atoms with Crippen LogP contribution in [0.5, 0.6) is 0 Å². The highest BCUT2D eigenvalue weighted by Gasteiger charge is 2.35. The smallest absolute Gasteiger partial charge is 0.298 e. The van der Waals surface area contributed by atoms with Crippen molar-refractivity contribution >= 4 is 40.9 Å². The van der Waals surface area contributed by atoms with Crippen molar-refractivity contribution < 1.29 is 14.4 Å². The number of fused-ring (bicyclic) bond motifs is 1. The highest BCUT2D eigenvalue weighted by atomic mass is 16.2. The lowest BCUT2D eigenvalue weighted by molar-refractivity contribution is -0.123. The molecule has 7 heteroatoms. The van der Waals surface area contributed by atoms with Crippen LogP contribution in [0.2, 0.25) is 0 Å². The molecule has 2 aliphatic heterocycles. The van der Waals surface area contributed by atoms with E-state index >= 15 is 0 Å². The summed E-state index contributed by atoms with van der Waals surface area (Å²) in [5.74, 6) is -1.16. The van der Waals surface area contributed by atoms with Crippen molar-refractivity contribution in [1.82, 2.24) is 5.01 Å². The molecule has 5 rings (SSSR count). The largest absolute Gasteiger partial charge is 0.320 e. The number of anilines is 1. The second-order valence-electron chi connectivity index (χ2n) is 7.54. The van der Waals surface area contributed by atoms with Gasteiger partial charge in [0.1, 0.15) is 5.70 Å². The molecule has 0 unspecified atom stereocenters. The Labute approximate surface area is 195 Å². The van der Waals surface area contributed by atoms with Gasteiger partial charge in [-0.3, -0.25) is 14.4 Å². The van der Waals surface area contributed by atoms with E-state index in [1.807, 2.05) is 36.4 Å². The minimum absolute atomic E-state index is 0.0578. The van der Waals surface area contributed by atoms with E-state index < -0.39 is 11.8 Å². The van der Waals surface area contributed by atoms with Gasteiger partial charge in [-0.05, 0) is 17.7 Å². The summed E-state index contributed by atoms with van der Waals surface area (Å²) in [6.45, 7) is 0. The minimum Gasteiger partial charge on any atom is -0.320 e. The topological polar surface area (TPSA) is 91.2 Å². The molecule has 3 aromatic rings. The van der Waals surface area contributed by atoms with Crippen LogP contribution in [-0.4, -0.2) is 34.2 Å². The van der Waals surface area contributed by atoms with Crippen LogP contribution in [-0.2, 0) is 14.4 Å². The third-order valence-corrected chi connectivity index (χ3v) is 5.23. The van der Waals surface area contributed by atoms with Crippen molar-refractivity contribution in [3.8, 4) is 0 Å². The Morgan fingerprint density at radius 2 is 1.56 bits per heavy atom. The van der Waals surface area contributed by atoms with E-state index in [0.717, 1.165) is 10.6 Å². The molecule has 2 amide bonds. The number of amidine groups is 1. The third kappa shape index (κ3) is 4.10. The number of nitrogens with one attached hydrogen (secondary N) is 1. The molecule has 164 valence electrons. The molecule has 0 atom stereocenters. The van der Waals surface area contributed by atoms with Crippen LogP contribution in [0.25, 0.3) is 6.08 Å². The Hall–Kier alpha value is -4.91. The fourth-order valence-electron chi connectivity index (χ4n) is 3.60. The van der Waals surface area contributed by atoms with Gasteiger partial charge in [-0.15, -0.1) is 0 Å². The number of hydrogen-bond acceptors (Lipinski definition) is 5. The summed E-state index contributed by atoms with van der Waals surface area (Å²) in [6.07, 6.45) is 4.22. The first-order valence-corrected chi connectivity index (χ1v) is 10.6. The van der Waals surface area contributed by atoms with Gasteiger partial charge in [-0.2, -0.15) is 10.1 Å². The standard InChI is InChI=1S/C27H18N4O3/c32-20(16-15-18-9-3-1-4-10-18)17-23-27(34)31(25(28-23)19-11-5-2-6-12-19)30-24-21-13-7-8-14-22(21)29-26(24)33/h1-17H,(H,29,30,33)/b16-15+,23-17-. The molecule has 0 saturated heterocycles. The zero-order valence-electron chi connectivity index (χ0n) is 17.9. The Bertz CT molecular complexity index is 1420. The summed E-state index contributed by atoms with van der Waals surface area (Å²) < 4.78 is 0. The Kier molecular flexibility index (Phi) is 5.50. The highest BCUT2D eigenvalue weighted by molar-refractivity contribution is 6.54. The molecule has 1 N–H and O–H groups in total. The summed E-state index contributed by atoms with van der Waals surface area (Å²) >= 11 is 0. The number of nitrogens with zero attached hydrogens (tertiary/aromatic N) is 3. The number of para-hydroxylation sites is 1. The monoisotopic (exact) mass is 446 g/mol. The lowest BCUT2D eigenvalue weighted by Crippen LogP contribution is -2.30. The number of aliphatic imine (C=N–C) groups is 1. The second kappa shape index (κ2) is 8.91. The predicted molar refractivity (Wildman–Crippen MR) is 130 cm³/mol. The van der Waals surface area contributed by atoms with Crippen molar-refractivity contribution in [1.29, 1.82) is 0 Å². The van der Waals surface area contributed by atoms with E-state index in [1.54, 1.807) is 54.6 Å². The van der Waals surface area contributed by atoms with Crippen molar-refractivity contribution in [3.05, 3.63) is 119 Å². The van der Waals surface area contributed by atoms with Gasteiger partial charge in [0.25, 0.3) is 11.8 Å². The van der Waals surface area contributed by atoms with Crippen LogP contribution in [0.4, 0.5) is 5.69 Å². The van der Waals surface area contributed by atoms with Crippen molar-refractivity contribution in [2.24, 2.45) is 10.1 Å². The molecule has 0 aromatic heterocycles. The van der Waals surface area contributed by atoms with E-state index in [2.05, 4.69) is 15.4 Å². The molecule has 0 saturated carbocycles. The van der Waals surface area contributed by atoms with E-state index in [9.17, 15) is 14.4 Å². The predicted octanol–water partition coefficient (Wildman–Crippen LogP) is 3.80. The number of hydrogen-bond donors (Lipinski definition) is 1. The van der Waals surface area contributed by atoms with Crippen LogP contribution < -0.4 is 5.32 Å².